The minimum absolute atomic E-state index is 0.0271. The van der Waals surface area contributed by atoms with Gasteiger partial charge in [0.25, 0.3) is 6.71 Å². The van der Waals surface area contributed by atoms with Gasteiger partial charge in [-0.05, 0) is 71.6 Å². The minimum Gasteiger partial charge on any atom is -0.458 e. The number of hydrogen-bond acceptors (Lipinski definition) is 2. The third kappa shape index (κ3) is 3.33. The Morgan fingerprint density at radius 3 is 1.50 bits per heavy atom. The molecule has 40 heavy (non-hydrogen) atoms. The maximum Gasteiger partial charge on any atom is 0.260 e. The van der Waals surface area contributed by atoms with Crippen LogP contribution in [0.4, 0.5) is 0 Å². The zero-order valence-electron chi connectivity index (χ0n) is 21.7. The largest absolute Gasteiger partial charge is 0.458 e. The maximum atomic E-state index is 6.98. The number of rotatable bonds is 4. The molecule has 0 N–H and O–H groups in total. The van der Waals surface area contributed by atoms with Crippen molar-refractivity contribution in [2.24, 2.45) is 0 Å². The first kappa shape index (κ1) is 23.2. The van der Waals surface area contributed by atoms with Crippen molar-refractivity contribution in [3.8, 4) is 23.0 Å². The van der Waals surface area contributed by atoms with E-state index in [9.17, 15) is 0 Å². The molecule has 0 aliphatic carbocycles. The van der Waals surface area contributed by atoms with E-state index in [1.54, 1.807) is 0 Å². The average Bonchev–Trinajstić information content (AvgIpc) is 3.03. The van der Waals surface area contributed by atoms with E-state index in [1.165, 1.54) is 30.5 Å². The summed E-state index contributed by atoms with van der Waals surface area (Å²) in [6, 6.07) is 54.1. The summed E-state index contributed by atoms with van der Waals surface area (Å²) in [6.45, 7) is 0.0271. The minimum atomic E-state index is -1.91. The van der Waals surface area contributed by atoms with Crippen LogP contribution in [0.2, 0.25) is 0 Å². The van der Waals surface area contributed by atoms with E-state index in [0.29, 0.717) is 0 Å². The molecular weight excluding hydrogens is 507 g/mol. The zero-order chi connectivity index (χ0) is 26.5. The zero-order valence-corrected chi connectivity index (χ0v) is 22.6. The molecule has 0 aromatic heterocycles. The van der Waals surface area contributed by atoms with E-state index in [2.05, 4.69) is 133 Å². The Morgan fingerprint density at radius 1 is 0.400 bits per heavy atom. The second kappa shape index (κ2) is 9.22. The number of para-hydroxylation sites is 2. The average molecular weight is 532 g/mol. The third-order valence-corrected chi connectivity index (χ3v) is 11.8. The lowest BCUT2D eigenvalue weighted by Crippen LogP contribution is -2.57. The standard InChI is InChI=1S/C36H25BO2S/c1-4-14-26(15-5-1)40(27-16-6-2-7-17-27,28-18-8-3-9-19-28)34-25-12-21-30-36(34)39-33-24-13-23-32-35(33)37(30)29-20-10-11-22-31(29)38-32/h1-25H. The fourth-order valence-corrected chi connectivity index (χ4v) is 10.3. The molecule has 6 aromatic rings. The molecule has 0 saturated heterocycles. The first-order valence-electron chi connectivity index (χ1n) is 13.5. The second-order valence-electron chi connectivity index (χ2n) is 10.1. The van der Waals surface area contributed by atoms with Crippen molar-refractivity contribution in [3.05, 3.63) is 152 Å². The van der Waals surface area contributed by atoms with Gasteiger partial charge in [0.15, 0.2) is 0 Å². The third-order valence-electron chi connectivity index (χ3n) is 7.92. The van der Waals surface area contributed by atoms with Gasteiger partial charge in [0.1, 0.15) is 23.0 Å². The monoisotopic (exact) mass is 532 g/mol. The van der Waals surface area contributed by atoms with Gasteiger partial charge in [0.05, 0.1) is 0 Å². The summed E-state index contributed by atoms with van der Waals surface area (Å²) >= 11 is 0. The Hall–Kier alpha value is -4.67. The number of ether oxygens (including phenoxy) is 2. The summed E-state index contributed by atoms with van der Waals surface area (Å²) in [7, 11) is -1.91. The summed E-state index contributed by atoms with van der Waals surface area (Å²) < 4.78 is 13.4. The molecule has 0 amide bonds. The topological polar surface area (TPSA) is 18.5 Å². The number of hydrogen-bond donors (Lipinski definition) is 0. The SMILES string of the molecule is c1ccc(S(c2ccccc2)(c2ccccc2)c2cccc3c2Oc2cccc4c2B3c2ccccc2O4)cc1. The van der Waals surface area contributed by atoms with Gasteiger partial charge in [-0.15, -0.1) is 10.0 Å². The highest BCUT2D eigenvalue weighted by molar-refractivity contribution is 8.34. The summed E-state index contributed by atoms with van der Waals surface area (Å²) in [5.41, 5.74) is 3.45. The van der Waals surface area contributed by atoms with Crippen LogP contribution in [0.5, 0.6) is 23.0 Å². The molecule has 0 atom stereocenters. The van der Waals surface area contributed by atoms with Gasteiger partial charge in [-0.1, -0.05) is 91.0 Å². The first-order valence-corrected chi connectivity index (χ1v) is 15.2. The molecule has 2 aliphatic rings. The van der Waals surface area contributed by atoms with Crippen molar-refractivity contribution >= 4 is 33.1 Å². The lowest BCUT2D eigenvalue weighted by molar-refractivity contribution is 0.458. The normalized spacial score (nSPS) is 13.2. The lowest BCUT2D eigenvalue weighted by Gasteiger charge is -2.44. The summed E-state index contributed by atoms with van der Waals surface area (Å²) in [6.07, 6.45) is 0. The Balaban J connectivity index is 1.49. The lowest BCUT2D eigenvalue weighted by atomic mass is 9.35. The molecule has 6 aromatic carbocycles. The van der Waals surface area contributed by atoms with Gasteiger partial charge in [-0.25, -0.2) is 0 Å². The van der Waals surface area contributed by atoms with Gasteiger partial charge in [-0.3, -0.25) is 0 Å². The molecule has 8 rings (SSSR count). The Morgan fingerprint density at radius 2 is 0.875 bits per heavy atom. The van der Waals surface area contributed by atoms with E-state index in [-0.39, 0.29) is 6.71 Å². The highest BCUT2D eigenvalue weighted by atomic mass is 32.3. The van der Waals surface area contributed by atoms with Crippen molar-refractivity contribution in [2.45, 2.75) is 19.6 Å². The predicted octanol–water partition coefficient (Wildman–Crippen LogP) is 7.76. The highest BCUT2D eigenvalue weighted by Crippen LogP contribution is 2.75. The molecule has 0 fully saturated rings. The number of fused-ring (bicyclic) bond motifs is 4. The van der Waals surface area contributed by atoms with Crippen molar-refractivity contribution in [1.29, 1.82) is 0 Å². The summed E-state index contributed by atoms with van der Waals surface area (Å²) in [5.74, 6) is 3.58. The van der Waals surface area contributed by atoms with Crippen LogP contribution >= 0.6 is 10.0 Å². The van der Waals surface area contributed by atoms with Crippen LogP contribution in [-0.2, 0) is 0 Å². The molecule has 2 nitrogen and oxygen atoms in total. The van der Waals surface area contributed by atoms with Crippen LogP contribution in [0, 0.1) is 0 Å². The van der Waals surface area contributed by atoms with E-state index in [0.717, 1.165) is 28.5 Å². The van der Waals surface area contributed by atoms with Crippen LogP contribution < -0.4 is 25.9 Å². The van der Waals surface area contributed by atoms with Gasteiger partial charge >= 0.3 is 0 Å². The van der Waals surface area contributed by atoms with Crippen molar-refractivity contribution < 1.29 is 9.47 Å². The van der Waals surface area contributed by atoms with Crippen LogP contribution in [0.1, 0.15) is 0 Å². The van der Waals surface area contributed by atoms with Gasteiger partial charge in [-0.2, -0.15) is 0 Å². The molecule has 0 bridgehead atoms. The van der Waals surface area contributed by atoms with Crippen molar-refractivity contribution in [2.75, 3.05) is 0 Å². The first-order chi connectivity index (χ1) is 19.9. The molecule has 0 saturated carbocycles. The molecule has 0 radical (unpaired) electrons. The predicted molar refractivity (Wildman–Crippen MR) is 164 cm³/mol. The maximum absolute atomic E-state index is 6.98. The highest BCUT2D eigenvalue weighted by Gasteiger charge is 2.44. The Kier molecular flexibility index (Phi) is 5.36. The van der Waals surface area contributed by atoms with E-state index >= 15 is 0 Å². The van der Waals surface area contributed by atoms with Crippen molar-refractivity contribution in [1.82, 2.24) is 0 Å². The summed E-state index contributed by atoms with van der Waals surface area (Å²) in [5, 5.41) is 0. The van der Waals surface area contributed by atoms with E-state index in [4.69, 9.17) is 9.47 Å². The van der Waals surface area contributed by atoms with E-state index in [1.807, 2.05) is 18.2 Å². The van der Waals surface area contributed by atoms with Crippen LogP contribution in [-0.4, -0.2) is 6.71 Å². The fourth-order valence-electron chi connectivity index (χ4n) is 6.28. The van der Waals surface area contributed by atoms with Gasteiger partial charge < -0.3 is 9.47 Å². The molecule has 190 valence electrons. The van der Waals surface area contributed by atoms with Crippen molar-refractivity contribution in [3.63, 3.8) is 0 Å². The van der Waals surface area contributed by atoms with E-state index < -0.39 is 10.0 Å². The van der Waals surface area contributed by atoms with Crippen LogP contribution in [0.15, 0.2) is 171 Å². The number of benzene rings is 6. The molecule has 2 heterocycles. The Labute approximate surface area is 236 Å². The quantitative estimate of drug-likeness (QED) is 0.216. The molecule has 2 aliphatic heterocycles. The Bertz CT molecular complexity index is 1760. The molecule has 0 spiro atoms. The molecule has 4 heteroatoms. The van der Waals surface area contributed by atoms with Gasteiger partial charge in [0, 0.05) is 25.0 Å². The van der Waals surface area contributed by atoms with Gasteiger partial charge in [0.2, 0.25) is 0 Å². The smallest absolute Gasteiger partial charge is 0.260 e. The molecular formula is C36H25BO2S. The van der Waals surface area contributed by atoms with Crippen LogP contribution in [0.25, 0.3) is 0 Å². The second-order valence-corrected chi connectivity index (χ2v) is 13.1. The van der Waals surface area contributed by atoms with Crippen LogP contribution in [0.3, 0.4) is 0 Å². The fraction of sp³-hybridized carbons (Fsp3) is 0. The molecule has 0 unspecified atom stereocenters. The summed E-state index contributed by atoms with van der Waals surface area (Å²) in [4.78, 5) is 5.03.